The highest BCUT2D eigenvalue weighted by atomic mass is 35.5. The molecule has 0 spiro atoms. The van der Waals surface area contributed by atoms with Gasteiger partial charge in [-0.3, -0.25) is 9.69 Å². The Balaban J connectivity index is 1.63. The number of halogens is 1. The fraction of sp³-hybridized carbons (Fsp3) is 0.286. The first kappa shape index (κ1) is 26.3. The van der Waals surface area contributed by atoms with Crippen LogP contribution in [0.1, 0.15) is 46.3 Å². The van der Waals surface area contributed by atoms with Crippen LogP contribution in [0.15, 0.2) is 72.8 Å². The summed E-state index contributed by atoms with van der Waals surface area (Å²) < 4.78 is 6.09. The number of benzene rings is 3. The summed E-state index contributed by atoms with van der Waals surface area (Å²) in [4.78, 5) is 24.3. The number of hydrogen-bond donors (Lipinski definition) is 2. The molecule has 3 aromatic carbocycles. The van der Waals surface area contributed by atoms with Crippen LogP contribution in [0, 0.1) is 0 Å². The van der Waals surface area contributed by atoms with E-state index < -0.39 is 11.9 Å². The molecule has 0 radical (unpaired) electrons. The Morgan fingerprint density at radius 2 is 1.51 bits per heavy atom. The number of carbonyl (C=O) groups is 2. The van der Waals surface area contributed by atoms with Crippen molar-refractivity contribution in [3.8, 4) is 5.75 Å². The maximum absolute atomic E-state index is 11.1. The van der Waals surface area contributed by atoms with Gasteiger partial charge < -0.3 is 14.9 Å². The molecule has 0 atom stereocenters. The average molecular weight is 496 g/mol. The zero-order valence-electron chi connectivity index (χ0n) is 19.5. The van der Waals surface area contributed by atoms with Gasteiger partial charge in [0.15, 0.2) is 0 Å². The van der Waals surface area contributed by atoms with Gasteiger partial charge in [0.25, 0.3) is 0 Å². The monoisotopic (exact) mass is 495 g/mol. The van der Waals surface area contributed by atoms with Crippen LogP contribution in [0.2, 0.25) is 5.02 Å². The molecule has 184 valence electrons. The summed E-state index contributed by atoms with van der Waals surface area (Å²) in [6, 6.07) is 22.4. The fourth-order valence-electron chi connectivity index (χ4n) is 3.76. The van der Waals surface area contributed by atoms with Crippen molar-refractivity contribution in [2.24, 2.45) is 0 Å². The molecule has 0 aliphatic rings. The van der Waals surface area contributed by atoms with Gasteiger partial charge in [-0.2, -0.15) is 0 Å². The number of aliphatic carboxylic acids is 1. The Hall–Kier alpha value is -3.35. The smallest absolute Gasteiger partial charge is 0.335 e. The van der Waals surface area contributed by atoms with Crippen molar-refractivity contribution in [2.45, 2.75) is 38.8 Å². The summed E-state index contributed by atoms with van der Waals surface area (Å²) >= 11 is 5.96. The van der Waals surface area contributed by atoms with E-state index >= 15 is 0 Å². The van der Waals surface area contributed by atoms with Gasteiger partial charge in [0.1, 0.15) is 12.4 Å². The van der Waals surface area contributed by atoms with Crippen LogP contribution in [0.5, 0.6) is 5.75 Å². The summed E-state index contributed by atoms with van der Waals surface area (Å²) in [5, 5.41) is 18.8. The predicted molar refractivity (Wildman–Crippen MR) is 136 cm³/mol. The summed E-state index contributed by atoms with van der Waals surface area (Å²) in [5.74, 6) is -0.899. The van der Waals surface area contributed by atoms with Gasteiger partial charge in [-0.15, -0.1) is 0 Å². The first-order valence-electron chi connectivity index (χ1n) is 11.6. The Labute approximate surface area is 210 Å². The highest BCUT2D eigenvalue weighted by Gasteiger charge is 2.11. The molecule has 0 saturated heterocycles. The van der Waals surface area contributed by atoms with Crippen molar-refractivity contribution in [3.63, 3.8) is 0 Å². The van der Waals surface area contributed by atoms with E-state index in [1.165, 1.54) is 0 Å². The Morgan fingerprint density at radius 1 is 0.829 bits per heavy atom. The van der Waals surface area contributed by atoms with Gasteiger partial charge in [-0.05, 0) is 72.8 Å². The van der Waals surface area contributed by atoms with E-state index in [1.54, 1.807) is 12.1 Å². The summed E-state index contributed by atoms with van der Waals surface area (Å²) in [6.07, 6.45) is 2.31. The summed E-state index contributed by atoms with van der Waals surface area (Å²) in [5.41, 5.74) is 3.40. The number of carboxylic acids is 2. The molecule has 3 rings (SSSR count). The number of unbranched alkanes of at least 4 members (excludes halogenated alkanes) is 1. The second-order valence-corrected chi connectivity index (χ2v) is 8.84. The van der Waals surface area contributed by atoms with Crippen molar-refractivity contribution in [1.82, 2.24) is 4.90 Å². The van der Waals surface area contributed by atoms with Gasteiger partial charge in [-0.1, -0.05) is 54.1 Å². The van der Waals surface area contributed by atoms with E-state index in [0.717, 1.165) is 48.4 Å². The van der Waals surface area contributed by atoms with Gasteiger partial charge in [0.2, 0.25) is 0 Å². The maximum Gasteiger partial charge on any atom is 0.335 e. The quantitative estimate of drug-likeness (QED) is 0.270. The van der Waals surface area contributed by atoms with Crippen LogP contribution in [-0.4, -0.2) is 40.1 Å². The van der Waals surface area contributed by atoms with Crippen LogP contribution in [0.4, 0.5) is 0 Å². The van der Waals surface area contributed by atoms with Crippen LogP contribution in [-0.2, 0) is 24.4 Å². The molecule has 0 amide bonds. The highest BCUT2D eigenvalue weighted by Crippen LogP contribution is 2.21. The summed E-state index contributed by atoms with van der Waals surface area (Å²) in [6.45, 7) is 2.61. The number of aromatic carboxylic acids is 1. The van der Waals surface area contributed by atoms with Gasteiger partial charge in [0, 0.05) is 24.5 Å². The molecule has 0 aromatic heterocycles. The standard InChI is InChI=1S/C28H30ClNO5/c29-25-14-10-22(11-15-25)20-35-26-6-2-1-5-23(26)16-18-30(17-4-3-7-27(31)32)19-21-8-12-24(13-9-21)28(33)34/h1-2,5-6,8-15H,3-4,7,16-20H2,(H,31,32)(H,33,34). The third-order valence-electron chi connectivity index (χ3n) is 5.70. The topological polar surface area (TPSA) is 87.1 Å². The summed E-state index contributed by atoms with van der Waals surface area (Å²) in [7, 11) is 0. The van der Waals surface area contributed by atoms with E-state index in [0.29, 0.717) is 24.6 Å². The number of para-hydroxylation sites is 1. The van der Waals surface area contributed by atoms with Gasteiger partial charge in [-0.25, -0.2) is 4.79 Å². The number of ether oxygens (including phenoxy) is 1. The minimum atomic E-state index is -0.947. The third kappa shape index (κ3) is 9.08. The van der Waals surface area contributed by atoms with Crippen LogP contribution in [0.3, 0.4) is 0 Å². The molecule has 7 heteroatoms. The zero-order chi connectivity index (χ0) is 25.0. The molecule has 0 unspecified atom stereocenters. The Morgan fingerprint density at radius 3 is 2.20 bits per heavy atom. The molecule has 0 aliphatic carbocycles. The molecular formula is C28H30ClNO5. The molecule has 2 N–H and O–H groups in total. The second-order valence-electron chi connectivity index (χ2n) is 8.40. The molecule has 0 aliphatic heterocycles. The number of hydrogen-bond acceptors (Lipinski definition) is 4. The Bertz CT molecular complexity index is 1100. The molecule has 0 heterocycles. The predicted octanol–water partition coefficient (Wildman–Crippen LogP) is 5.92. The molecule has 0 bridgehead atoms. The average Bonchev–Trinajstić information content (AvgIpc) is 2.85. The minimum absolute atomic E-state index is 0.155. The van der Waals surface area contributed by atoms with Crippen molar-refractivity contribution in [2.75, 3.05) is 13.1 Å². The largest absolute Gasteiger partial charge is 0.489 e. The van der Waals surface area contributed by atoms with E-state index in [2.05, 4.69) is 11.0 Å². The van der Waals surface area contributed by atoms with E-state index in [-0.39, 0.29) is 12.0 Å². The van der Waals surface area contributed by atoms with Crippen molar-refractivity contribution >= 4 is 23.5 Å². The molecule has 35 heavy (non-hydrogen) atoms. The maximum atomic E-state index is 11.1. The molecular weight excluding hydrogens is 466 g/mol. The second kappa shape index (κ2) is 13.5. The normalized spacial score (nSPS) is 10.9. The number of carboxylic acid groups (broad SMARTS) is 2. The molecule has 6 nitrogen and oxygen atoms in total. The van der Waals surface area contributed by atoms with Gasteiger partial charge >= 0.3 is 11.9 Å². The first-order valence-corrected chi connectivity index (χ1v) is 12.0. The number of rotatable bonds is 14. The van der Waals surface area contributed by atoms with E-state index in [1.807, 2.05) is 54.6 Å². The minimum Gasteiger partial charge on any atom is -0.489 e. The third-order valence-corrected chi connectivity index (χ3v) is 5.95. The lowest BCUT2D eigenvalue weighted by atomic mass is 10.1. The lowest BCUT2D eigenvalue weighted by Gasteiger charge is -2.23. The fourth-order valence-corrected chi connectivity index (χ4v) is 3.89. The van der Waals surface area contributed by atoms with Gasteiger partial charge in [0.05, 0.1) is 5.56 Å². The van der Waals surface area contributed by atoms with E-state index in [9.17, 15) is 9.59 Å². The SMILES string of the molecule is O=C(O)CCCCN(CCc1ccccc1OCc1ccc(Cl)cc1)Cc1ccc(C(=O)O)cc1. The van der Waals surface area contributed by atoms with Crippen molar-refractivity contribution < 1.29 is 24.5 Å². The number of nitrogens with zero attached hydrogens (tertiary/aromatic N) is 1. The van der Waals surface area contributed by atoms with Crippen LogP contribution in [0.25, 0.3) is 0 Å². The molecule has 0 saturated carbocycles. The Kier molecular flexibility index (Phi) is 10.1. The van der Waals surface area contributed by atoms with Crippen molar-refractivity contribution in [1.29, 1.82) is 0 Å². The van der Waals surface area contributed by atoms with E-state index in [4.69, 9.17) is 26.6 Å². The van der Waals surface area contributed by atoms with Crippen LogP contribution >= 0.6 is 11.6 Å². The zero-order valence-corrected chi connectivity index (χ0v) is 20.3. The lowest BCUT2D eigenvalue weighted by Crippen LogP contribution is -2.27. The molecule has 0 fully saturated rings. The first-order chi connectivity index (χ1) is 16.9. The van der Waals surface area contributed by atoms with Crippen LogP contribution < -0.4 is 4.74 Å². The highest BCUT2D eigenvalue weighted by molar-refractivity contribution is 6.30. The van der Waals surface area contributed by atoms with Crippen molar-refractivity contribution in [3.05, 3.63) is 100 Å². The molecule has 3 aromatic rings. The lowest BCUT2D eigenvalue weighted by molar-refractivity contribution is -0.137.